The average molecular weight is 230 g/mol. The van der Waals surface area contributed by atoms with Crippen molar-refractivity contribution in [2.24, 2.45) is 0 Å². The van der Waals surface area contributed by atoms with Gasteiger partial charge in [-0.1, -0.05) is 88.9 Å². The minimum absolute atomic E-state index is 1.11. The van der Waals surface area contributed by atoms with Crippen LogP contribution in [-0.2, 0) is 0 Å². The zero-order valence-corrected chi connectivity index (χ0v) is 12.0. The summed E-state index contributed by atoms with van der Waals surface area (Å²) in [7, 11) is 0. The SMILES string of the molecule is C=C/C=C(\C=C)c1cccc(C)c1.CC.CC. The molecule has 0 aliphatic heterocycles. The van der Waals surface area contributed by atoms with Gasteiger partial charge < -0.3 is 0 Å². The third-order valence-corrected chi connectivity index (χ3v) is 1.87. The van der Waals surface area contributed by atoms with Gasteiger partial charge >= 0.3 is 0 Å². The molecule has 0 fully saturated rings. The Morgan fingerprint density at radius 3 is 2.06 bits per heavy atom. The van der Waals surface area contributed by atoms with E-state index >= 15 is 0 Å². The highest BCUT2D eigenvalue weighted by Crippen LogP contribution is 2.16. The summed E-state index contributed by atoms with van der Waals surface area (Å²) in [5.74, 6) is 0. The van der Waals surface area contributed by atoms with E-state index in [0.717, 1.165) is 5.57 Å². The molecule has 0 atom stereocenters. The average Bonchev–Trinajstić information content (AvgIpc) is 2.40. The molecule has 0 aromatic heterocycles. The summed E-state index contributed by atoms with van der Waals surface area (Å²) in [4.78, 5) is 0. The molecule has 0 bridgehead atoms. The van der Waals surface area contributed by atoms with E-state index in [0.29, 0.717) is 0 Å². The third kappa shape index (κ3) is 7.35. The number of rotatable bonds is 3. The summed E-state index contributed by atoms with van der Waals surface area (Å²) in [6, 6.07) is 8.34. The van der Waals surface area contributed by atoms with Crippen molar-refractivity contribution < 1.29 is 0 Å². The van der Waals surface area contributed by atoms with Crippen molar-refractivity contribution in [3.05, 3.63) is 66.8 Å². The smallest absolute Gasteiger partial charge is 0.0182 e. The summed E-state index contributed by atoms with van der Waals surface area (Å²) < 4.78 is 0. The molecular weight excluding hydrogens is 204 g/mol. The van der Waals surface area contributed by atoms with Crippen LogP contribution >= 0.6 is 0 Å². The topological polar surface area (TPSA) is 0 Å². The number of hydrogen-bond donors (Lipinski definition) is 0. The molecule has 0 saturated heterocycles. The Bertz CT molecular complexity index is 343. The van der Waals surface area contributed by atoms with E-state index in [1.54, 1.807) is 6.08 Å². The lowest BCUT2D eigenvalue weighted by Gasteiger charge is -2.02. The van der Waals surface area contributed by atoms with Crippen LogP contribution in [0.3, 0.4) is 0 Å². The zero-order valence-electron chi connectivity index (χ0n) is 12.0. The molecule has 0 aliphatic rings. The Hall–Kier alpha value is -1.56. The fourth-order valence-corrected chi connectivity index (χ4v) is 1.23. The molecule has 0 radical (unpaired) electrons. The molecule has 1 aromatic carbocycles. The molecule has 17 heavy (non-hydrogen) atoms. The van der Waals surface area contributed by atoms with Gasteiger partial charge in [0.1, 0.15) is 0 Å². The monoisotopic (exact) mass is 230 g/mol. The first kappa shape index (κ1) is 17.8. The molecule has 0 heterocycles. The van der Waals surface area contributed by atoms with E-state index in [1.807, 2.05) is 45.9 Å². The van der Waals surface area contributed by atoms with Crippen LogP contribution in [0.5, 0.6) is 0 Å². The maximum absolute atomic E-state index is 3.77. The van der Waals surface area contributed by atoms with E-state index in [9.17, 15) is 0 Å². The highest BCUT2D eigenvalue weighted by Gasteiger charge is 1.95. The van der Waals surface area contributed by atoms with E-state index < -0.39 is 0 Å². The lowest BCUT2D eigenvalue weighted by Crippen LogP contribution is -1.81. The molecule has 94 valence electrons. The van der Waals surface area contributed by atoms with Gasteiger partial charge in [0.25, 0.3) is 0 Å². The van der Waals surface area contributed by atoms with E-state index in [2.05, 4.69) is 38.3 Å². The van der Waals surface area contributed by atoms with Gasteiger partial charge in [-0.25, -0.2) is 0 Å². The number of aryl methyl sites for hydroxylation is 1. The number of benzene rings is 1. The second-order valence-corrected chi connectivity index (χ2v) is 2.93. The summed E-state index contributed by atoms with van der Waals surface area (Å²) in [6.45, 7) is 17.5. The van der Waals surface area contributed by atoms with Gasteiger partial charge in [0.15, 0.2) is 0 Å². The molecule has 1 aromatic rings. The Kier molecular flexibility index (Phi) is 13.1. The van der Waals surface area contributed by atoms with Crippen molar-refractivity contribution in [3.63, 3.8) is 0 Å². The molecule has 0 amide bonds. The predicted octanol–water partition coefficient (Wildman–Crippen LogP) is 5.80. The van der Waals surface area contributed by atoms with Gasteiger partial charge in [-0.15, -0.1) is 0 Å². The first-order valence-electron chi connectivity index (χ1n) is 6.30. The first-order chi connectivity index (χ1) is 8.27. The van der Waals surface area contributed by atoms with Crippen LogP contribution in [0.4, 0.5) is 0 Å². The maximum Gasteiger partial charge on any atom is -0.0182 e. The van der Waals surface area contributed by atoms with Gasteiger partial charge in [0.2, 0.25) is 0 Å². The first-order valence-corrected chi connectivity index (χ1v) is 6.30. The molecule has 0 saturated carbocycles. The molecule has 1 rings (SSSR count). The Morgan fingerprint density at radius 1 is 1.06 bits per heavy atom. The summed E-state index contributed by atoms with van der Waals surface area (Å²) in [6.07, 6.45) is 5.58. The van der Waals surface area contributed by atoms with Crippen LogP contribution < -0.4 is 0 Å². The van der Waals surface area contributed by atoms with Gasteiger partial charge in [0, 0.05) is 0 Å². The molecular formula is C17H26. The van der Waals surface area contributed by atoms with Gasteiger partial charge in [0.05, 0.1) is 0 Å². The Labute approximate surface area is 107 Å². The highest BCUT2D eigenvalue weighted by atomic mass is 14.0. The molecule has 0 aliphatic carbocycles. The molecule has 0 N–H and O–H groups in total. The largest absolute Gasteiger partial charge is 0.0990 e. The van der Waals surface area contributed by atoms with Crippen LogP contribution in [0.25, 0.3) is 5.57 Å². The van der Waals surface area contributed by atoms with Crippen LogP contribution in [0.15, 0.2) is 55.7 Å². The fourth-order valence-electron chi connectivity index (χ4n) is 1.23. The van der Waals surface area contributed by atoms with E-state index in [1.165, 1.54) is 11.1 Å². The number of allylic oxidation sites excluding steroid dienone is 4. The minimum Gasteiger partial charge on any atom is -0.0990 e. The van der Waals surface area contributed by atoms with Gasteiger partial charge in [-0.05, 0) is 18.1 Å². The Balaban J connectivity index is 0. The minimum atomic E-state index is 1.11. The molecule has 0 unspecified atom stereocenters. The van der Waals surface area contributed by atoms with Crippen molar-refractivity contribution in [1.29, 1.82) is 0 Å². The lowest BCUT2D eigenvalue weighted by atomic mass is 10.0. The maximum atomic E-state index is 3.77. The quantitative estimate of drug-likeness (QED) is 0.575. The normalized spacial score (nSPS) is 9.12. The van der Waals surface area contributed by atoms with Crippen molar-refractivity contribution in [2.75, 3.05) is 0 Å². The lowest BCUT2D eigenvalue weighted by molar-refractivity contribution is 1.45. The van der Waals surface area contributed by atoms with Crippen LogP contribution in [0.1, 0.15) is 38.8 Å². The summed E-state index contributed by atoms with van der Waals surface area (Å²) in [5, 5.41) is 0. The van der Waals surface area contributed by atoms with Gasteiger partial charge in [-0.2, -0.15) is 0 Å². The fraction of sp³-hybridized carbons (Fsp3) is 0.294. The summed E-state index contributed by atoms with van der Waals surface area (Å²) in [5.41, 5.74) is 3.56. The van der Waals surface area contributed by atoms with Gasteiger partial charge in [-0.3, -0.25) is 0 Å². The van der Waals surface area contributed by atoms with E-state index in [4.69, 9.17) is 0 Å². The summed E-state index contributed by atoms with van der Waals surface area (Å²) >= 11 is 0. The van der Waals surface area contributed by atoms with Crippen molar-refractivity contribution in [1.82, 2.24) is 0 Å². The van der Waals surface area contributed by atoms with Crippen molar-refractivity contribution in [3.8, 4) is 0 Å². The van der Waals surface area contributed by atoms with Crippen LogP contribution in [0, 0.1) is 6.92 Å². The standard InChI is InChI=1S/C13H14.2C2H6/c1-4-7-12(5-2)13-9-6-8-11(3)10-13;2*1-2/h4-10H,1-2H2,3H3;2*1-2H3/b12-7+;;. The second-order valence-electron chi connectivity index (χ2n) is 2.93. The van der Waals surface area contributed by atoms with Crippen LogP contribution in [0.2, 0.25) is 0 Å². The van der Waals surface area contributed by atoms with E-state index in [-0.39, 0.29) is 0 Å². The van der Waals surface area contributed by atoms with Crippen molar-refractivity contribution in [2.45, 2.75) is 34.6 Å². The second kappa shape index (κ2) is 12.5. The highest BCUT2D eigenvalue weighted by molar-refractivity contribution is 5.74. The predicted molar refractivity (Wildman–Crippen MR) is 82.2 cm³/mol. The molecule has 0 nitrogen and oxygen atoms in total. The zero-order chi connectivity index (χ0) is 13.7. The third-order valence-electron chi connectivity index (χ3n) is 1.87. The molecule has 0 heteroatoms. The molecule has 0 spiro atoms. The Morgan fingerprint density at radius 2 is 1.65 bits per heavy atom. The van der Waals surface area contributed by atoms with Crippen LogP contribution in [-0.4, -0.2) is 0 Å². The van der Waals surface area contributed by atoms with Crippen molar-refractivity contribution >= 4 is 5.57 Å². The number of hydrogen-bond acceptors (Lipinski definition) is 0.